The lowest BCUT2D eigenvalue weighted by atomic mass is 9.94. The van der Waals surface area contributed by atoms with Gasteiger partial charge >= 0.3 is 0 Å². The van der Waals surface area contributed by atoms with E-state index in [0.717, 1.165) is 49.4 Å². The van der Waals surface area contributed by atoms with Gasteiger partial charge in [0, 0.05) is 33.9 Å². The maximum Gasteiger partial charge on any atom is 0.264 e. The molecule has 0 radical (unpaired) electrons. The van der Waals surface area contributed by atoms with E-state index < -0.39 is 0 Å². The summed E-state index contributed by atoms with van der Waals surface area (Å²) in [5, 5.41) is 1.91. The molecule has 1 aliphatic heterocycles. The van der Waals surface area contributed by atoms with Crippen LogP contribution in [0.2, 0.25) is 0 Å². The second-order valence-corrected chi connectivity index (χ2v) is 7.12. The van der Waals surface area contributed by atoms with Gasteiger partial charge in [-0.15, -0.1) is 11.3 Å². The Morgan fingerprint density at radius 1 is 1.39 bits per heavy atom. The molecule has 6 heteroatoms. The summed E-state index contributed by atoms with van der Waals surface area (Å²) >= 11 is 1.43. The number of ether oxygens (including phenoxy) is 1. The van der Waals surface area contributed by atoms with Crippen LogP contribution in [-0.4, -0.2) is 62.0 Å². The van der Waals surface area contributed by atoms with Gasteiger partial charge in [0.25, 0.3) is 5.91 Å². The summed E-state index contributed by atoms with van der Waals surface area (Å²) in [5.74, 6) is 0.619. The van der Waals surface area contributed by atoms with Crippen molar-refractivity contribution in [2.24, 2.45) is 5.92 Å². The number of aryl methyl sites for hydroxylation is 1. The summed E-state index contributed by atoms with van der Waals surface area (Å²) in [6.07, 6.45) is 3.11. The molecule has 5 nitrogen and oxygen atoms in total. The predicted octanol–water partition coefficient (Wildman–Crippen LogP) is 2.40. The van der Waals surface area contributed by atoms with E-state index >= 15 is 0 Å². The molecule has 128 valence electrons. The van der Waals surface area contributed by atoms with Crippen LogP contribution in [0, 0.1) is 12.8 Å². The summed E-state index contributed by atoms with van der Waals surface area (Å²) in [6, 6.07) is 1.93. The van der Waals surface area contributed by atoms with E-state index in [1.54, 1.807) is 14.2 Å². The summed E-state index contributed by atoms with van der Waals surface area (Å²) in [4.78, 5) is 28.9. The molecule has 0 aliphatic carbocycles. The van der Waals surface area contributed by atoms with Crippen molar-refractivity contribution in [2.45, 2.75) is 26.2 Å². The largest absolute Gasteiger partial charge is 0.385 e. The number of likely N-dealkylation sites (tertiary alicyclic amines) is 1. The lowest BCUT2D eigenvalue weighted by molar-refractivity contribution is -0.133. The molecule has 0 aromatic carbocycles. The summed E-state index contributed by atoms with van der Waals surface area (Å²) in [5.41, 5.74) is 0.971. The number of piperidine rings is 1. The minimum Gasteiger partial charge on any atom is -0.385 e. The molecule has 2 amide bonds. The van der Waals surface area contributed by atoms with Gasteiger partial charge < -0.3 is 14.5 Å². The van der Waals surface area contributed by atoms with E-state index in [2.05, 4.69) is 0 Å². The first-order chi connectivity index (χ1) is 11.0. The molecule has 0 spiro atoms. The van der Waals surface area contributed by atoms with Gasteiger partial charge in [0.2, 0.25) is 5.91 Å². The average Bonchev–Trinajstić information content (AvgIpc) is 2.98. The number of methoxy groups -OCH3 is 1. The van der Waals surface area contributed by atoms with Crippen molar-refractivity contribution in [1.82, 2.24) is 9.80 Å². The van der Waals surface area contributed by atoms with Crippen LogP contribution in [0.4, 0.5) is 0 Å². The van der Waals surface area contributed by atoms with Crippen LogP contribution in [0.15, 0.2) is 11.4 Å². The third kappa shape index (κ3) is 4.78. The number of thiophene rings is 1. The molecular formula is C17H26N2O3S. The van der Waals surface area contributed by atoms with Crippen molar-refractivity contribution < 1.29 is 14.3 Å². The number of hydrogen-bond acceptors (Lipinski definition) is 4. The van der Waals surface area contributed by atoms with Gasteiger partial charge in [-0.1, -0.05) is 0 Å². The van der Waals surface area contributed by atoms with Gasteiger partial charge in [-0.25, -0.2) is 0 Å². The maximum absolute atomic E-state index is 12.4. The van der Waals surface area contributed by atoms with Crippen molar-refractivity contribution in [1.29, 1.82) is 0 Å². The fourth-order valence-corrected chi connectivity index (χ4v) is 3.81. The van der Waals surface area contributed by atoms with E-state index in [4.69, 9.17) is 4.74 Å². The Kier molecular flexibility index (Phi) is 6.59. The Labute approximate surface area is 142 Å². The Hall–Kier alpha value is -1.40. The molecule has 2 rings (SSSR count). The summed E-state index contributed by atoms with van der Waals surface area (Å²) in [7, 11) is 3.42. The van der Waals surface area contributed by atoms with Crippen molar-refractivity contribution >= 4 is 23.2 Å². The second-order valence-electron chi connectivity index (χ2n) is 6.20. The van der Waals surface area contributed by atoms with E-state index in [-0.39, 0.29) is 18.4 Å². The van der Waals surface area contributed by atoms with Gasteiger partial charge in [-0.05, 0) is 49.1 Å². The third-order valence-corrected chi connectivity index (χ3v) is 5.48. The van der Waals surface area contributed by atoms with E-state index in [9.17, 15) is 9.59 Å². The molecule has 1 aromatic rings. The minimum absolute atomic E-state index is 0.0419. The first-order valence-electron chi connectivity index (χ1n) is 8.09. The van der Waals surface area contributed by atoms with E-state index in [1.807, 2.05) is 23.3 Å². The average molecular weight is 338 g/mol. The molecular weight excluding hydrogens is 312 g/mol. The van der Waals surface area contributed by atoms with E-state index in [1.165, 1.54) is 16.2 Å². The van der Waals surface area contributed by atoms with Crippen LogP contribution in [0.1, 0.15) is 34.5 Å². The fourth-order valence-electron chi connectivity index (χ4n) is 2.90. The number of rotatable bonds is 6. The second kappa shape index (κ2) is 8.45. The van der Waals surface area contributed by atoms with Crippen LogP contribution >= 0.6 is 11.3 Å². The lowest BCUT2D eigenvalue weighted by Gasteiger charge is -2.33. The number of carbonyl (C=O) groups is 2. The number of likely N-dealkylation sites (N-methyl/N-ethyl adjacent to an activating group) is 1. The summed E-state index contributed by atoms with van der Waals surface area (Å²) < 4.78 is 5.12. The first-order valence-corrected chi connectivity index (χ1v) is 8.97. The van der Waals surface area contributed by atoms with Crippen LogP contribution in [0.3, 0.4) is 0 Å². The van der Waals surface area contributed by atoms with Crippen molar-refractivity contribution in [3.8, 4) is 0 Å². The predicted molar refractivity (Wildman–Crippen MR) is 91.8 cm³/mol. The third-order valence-electron chi connectivity index (χ3n) is 4.47. The number of nitrogens with zero attached hydrogens (tertiary/aromatic N) is 2. The summed E-state index contributed by atoms with van der Waals surface area (Å²) in [6.45, 7) is 4.43. The highest BCUT2D eigenvalue weighted by atomic mass is 32.1. The number of amides is 2. The SMILES string of the molecule is COCCC1CCN(C(=O)CN(C)C(=O)c2sccc2C)CC1. The molecule has 0 bridgehead atoms. The highest BCUT2D eigenvalue weighted by molar-refractivity contribution is 7.12. The van der Waals surface area contributed by atoms with Gasteiger partial charge in [0.05, 0.1) is 11.4 Å². The topological polar surface area (TPSA) is 49.9 Å². The first kappa shape index (κ1) is 17.9. The fraction of sp³-hybridized carbons (Fsp3) is 0.647. The van der Waals surface area contributed by atoms with Gasteiger partial charge in [-0.2, -0.15) is 0 Å². The van der Waals surface area contributed by atoms with Crippen molar-refractivity contribution in [3.05, 3.63) is 21.9 Å². The molecule has 0 atom stereocenters. The molecule has 1 fully saturated rings. The number of carbonyl (C=O) groups excluding carboxylic acids is 2. The minimum atomic E-state index is -0.0687. The Balaban J connectivity index is 1.81. The Bertz CT molecular complexity index is 536. The van der Waals surface area contributed by atoms with E-state index in [0.29, 0.717) is 5.92 Å². The molecule has 1 aliphatic rings. The molecule has 0 N–H and O–H groups in total. The normalized spacial score (nSPS) is 15.7. The van der Waals surface area contributed by atoms with Crippen LogP contribution in [-0.2, 0) is 9.53 Å². The van der Waals surface area contributed by atoms with Crippen LogP contribution in [0.5, 0.6) is 0 Å². The zero-order chi connectivity index (χ0) is 16.8. The zero-order valence-corrected chi connectivity index (χ0v) is 15.0. The van der Waals surface area contributed by atoms with Crippen LogP contribution in [0.25, 0.3) is 0 Å². The zero-order valence-electron chi connectivity index (χ0n) is 14.2. The molecule has 1 saturated heterocycles. The van der Waals surface area contributed by atoms with Gasteiger partial charge in [0.1, 0.15) is 0 Å². The smallest absolute Gasteiger partial charge is 0.264 e. The Morgan fingerprint density at radius 2 is 2.09 bits per heavy atom. The maximum atomic E-state index is 12.4. The monoisotopic (exact) mass is 338 g/mol. The molecule has 0 unspecified atom stereocenters. The number of hydrogen-bond donors (Lipinski definition) is 0. The molecule has 0 saturated carbocycles. The molecule has 2 heterocycles. The molecule has 23 heavy (non-hydrogen) atoms. The lowest BCUT2D eigenvalue weighted by Crippen LogP contribution is -2.44. The Morgan fingerprint density at radius 3 is 2.65 bits per heavy atom. The highest BCUT2D eigenvalue weighted by Gasteiger charge is 2.25. The van der Waals surface area contributed by atoms with Gasteiger partial charge in [0.15, 0.2) is 0 Å². The standard InChI is InChI=1S/C17H26N2O3S/c1-13-7-11-23-16(13)17(21)18(2)12-15(20)19-8-4-14(5-9-19)6-10-22-3/h7,11,14H,4-6,8-10,12H2,1-3H3. The molecule has 1 aromatic heterocycles. The quantitative estimate of drug-likeness (QED) is 0.800. The van der Waals surface area contributed by atoms with Gasteiger partial charge in [-0.3, -0.25) is 9.59 Å². The van der Waals surface area contributed by atoms with Crippen molar-refractivity contribution in [2.75, 3.05) is 40.4 Å². The van der Waals surface area contributed by atoms with Crippen molar-refractivity contribution in [3.63, 3.8) is 0 Å². The van der Waals surface area contributed by atoms with Crippen LogP contribution < -0.4 is 0 Å². The highest BCUT2D eigenvalue weighted by Crippen LogP contribution is 2.21.